The number of rotatable bonds is 6. The van der Waals surface area contributed by atoms with Crippen LogP contribution in [-0.4, -0.2) is 65.9 Å². The van der Waals surface area contributed by atoms with Gasteiger partial charge in [-0.15, -0.1) is 0 Å². The van der Waals surface area contributed by atoms with Gasteiger partial charge in [0.05, 0.1) is 0 Å². The van der Waals surface area contributed by atoms with E-state index < -0.39 is 0 Å². The molecule has 1 aromatic carbocycles. The Labute approximate surface area is 162 Å². The van der Waals surface area contributed by atoms with Crippen molar-refractivity contribution in [2.75, 3.05) is 39.0 Å². The van der Waals surface area contributed by atoms with Crippen LogP contribution >= 0.6 is 11.8 Å². The summed E-state index contributed by atoms with van der Waals surface area (Å²) in [6, 6.07) is 7.89. The summed E-state index contributed by atoms with van der Waals surface area (Å²) in [5.74, 6) is 2.22. The van der Waals surface area contributed by atoms with Gasteiger partial charge in [-0.3, -0.25) is 9.79 Å². The number of guanidine groups is 1. The van der Waals surface area contributed by atoms with Gasteiger partial charge in [-0.2, -0.15) is 11.8 Å². The van der Waals surface area contributed by atoms with Gasteiger partial charge in [0, 0.05) is 56.3 Å². The highest BCUT2D eigenvalue weighted by Gasteiger charge is 2.21. The first kappa shape index (κ1) is 20.6. The zero-order valence-electron chi connectivity index (χ0n) is 16.5. The molecule has 0 radical (unpaired) electrons. The Hall–Kier alpha value is -1.69. The van der Waals surface area contributed by atoms with Gasteiger partial charge in [-0.1, -0.05) is 19.1 Å². The topological polar surface area (TPSA) is 47.9 Å². The molecule has 2 rings (SSSR count). The molecule has 26 heavy (non-hydrogen) atoms. The zero-order valence-corrected chi connectivity index (χ0v) is 17.3. The van der Waals surface area contributed by atoms with Crippen LogP contribution in [0.1, 0.15) is 43.1 Å². The molecular weight excluding hydrogens is 344 g/mol. The maximum absolute atomic E-state index is 12.4. The summed E-state index contributed by atoms with van der Waals surface area (Å²) in [4.78, 5) is 21.0. The van der Waals surface area contributed by atoms with E-state index in [2.05, 4.69) is 33.9 Å². The maximum atomic E-state index is 12.4. The highest BCUT2D eigenvalue weighted by atomic mass is 32.2. The number of amides is 1. The minimum Gasteiger partial charge on any atom is -0.352 e. The normalized spacial score (nSPS) is 17.9. The van der Waals surface area contributed by atoms with Crippen molar-refractivity contribution in [3.8, 4) is 0 Å². The maximum Gasteiger partial charge on any atom is 0.253 e. The van der Waals surface area contributed by atoms with Gasteiger partial charge in [0.1, 0.15) is 0 Å². The fourth-order valence-electron chi connectivity index (χ4n) is 3.13. The van der Waals surface area contributed by atoms with Crippen molar-refractivity contribution < 1.29 is 4.79 Å². The van der Waals surface area contributed by atoms with Gasteiger partial charge >= 0.3 is 0 Å². The average Bonchev–Trinajstić information content (AvgIpc) is 2.70. The van der Waals surface area contributed by atoms with Crippen LogP contribution in [0.5, 0.6) is 0 Å². The predicted molar refractivity (Wildman–Crippen MR) is 112 cm³/mol. The molecule has 1 amide bonds. The molecule has 1 aliphatic rings. The molecule has 1 atom stereocenters. The number of benzene rings is 1. The van der Waals surface area contributed by atoms with Crippen LogP contribution in [0, 0.1) is 0 Å². The lowest BCUT2D eigenvalue weighted by Gasteiger charge is -2.34. The fourth-order valence-corrected chi connectivity index (χ4v) is 4.31. The van der Waals surface area contributed by atoms with E-state index in [9.17, 15) is 4.79 Å². The second-order valence-corrected chi connectivity index (χ2v) is 7.83. The molecule has 1 heterocycles. The van der Waals surface area contributed by atoms with Crippen molar-refractivity contribution in [3.05, 3.63) is 35.4 Å². The van der Waals surface area contributed by atoms with E-state index in [0.29, 0.717) is 11.8 Å². The van der Waals surface area contributed by atoms with Crippen molar-refractivity contribution in [1.82, 2.24) is 15.1 Å². The predicted octanol–water partition coefficient (Wildman–Crippen LogP) is 3.07. The van der Waals surface area contributed by atoms with Gasteiger partial charge in [-0.25, -0.2) is 0 Å². The third kappa shape index (κ3) is 5.40. The molecule has 5 nitrogen and oxygen atoms in total. The Morgan fingerprint density at radius 1 is 1.27 bits per heavy atom. The van der Waals surface area contributed by atoms with E-state index >= 15 is 0 Å². The number of hydrogen-bond donors (Lipinski definition) is 1. The number of aliphatic imine (C=N–C) groups is 1. The van der Waals surface area contributed by atoms with E-state index in [1.165, 1.54) is 6.42 Å². The van der Waals surface area contributed by atoms with Crippen LogP contribution in [0.3, 0.4) is 0 Å². The molecule has 1 fully saturated rings. The van der Waals surface area contributed by atoms with Crippen LogP contribution < -0.4 is 5.32 Å². The monoisotopic (exact) mass is 376 g/mol. The molecule has 144 valence electrons. The molecule has 1 N–H and O–H groups in total. The summed E-state index contributed by atoms with van der Waals surface area (Å²) in [5.41, 5.74) is 1.90. The molecule has 0 aromatic heterocycles. The first-order chi connectivity index (χ1) is 12.6. The van der Waals surface area contributed by atoms with E-state index in [0.717, 1.165) is 49.0 Å². The van der Waals surface area contributed by atoms with Crippen molar-refractivity contribution in [2.24, 2.45) is 4.99 Å². The van der Waals surface area contributed by atoms with Gasteiger partial charge in [0.15, 0.2) is 5.96 Å². The lowest BCUT2D eigenvalue weighted by atomic mass is 10.1. The van der Waals surface area contributed by atoms with Gasteiger partial charge in [-0.05, 0) is 38.0 Å². The van der Waals surface area contributed by atoms with E-state index in [1.807, 2.05) is 50.1 Å². The minimum atomic E-state index is 0.0988. The van der Waals surface area contributed by atoms with Crippen molar-refractivity contribution in [1.29, 1.82) is 0 Å². The standard InChI is InChI=1S/C20H32N4OS/c1-5-18-15-24(12-13-26-18)20(21-4)22-14-16-8-10-17(11-9-16)19(25)23(6-2)7-3/h8-11,18H,5-7,12-15H2,1-4H3,(H,21,22). The molecule has 1 aromatic rings. The second kappa shape index (κ2) is 10.5. The number of nitrogens with one attached hydrogen (secondary N) is 1. The first-order valence-corrected chi connectivity index (χ1v) is 10.6. The van der Waals surface area contributed by atoms with Crippen LogP contribution in [0.2, 0.25) is 0 Å². The second-order valence-electron chi connectivity index (χ2n) is 6.42. The number of carbonyl (C=O) groups excluding carboxylic acids is 1. The molecule has 1 saturated heterocycles. The van der Waals surface area contributed by atoms with Crippen molar-refractivity contribution in [3.63, 3.8) is 0 Å². The summed E-state index contributed by atoms with van der Waals surface area (Å²) in [5, 5.41) is 4.15. The highest BCUT2D eigenvalue weighted by molar-refractivity contribution is 8.00. The van der Waals surface area contributed by atoms with Crippen LogP contribution in [-0.2, 0) is 6.54 Å². The van der Waals surface area contributed by atoms with Crippen LogP contribution in [0.4, 0.5) is 0 Å². The molecule has 6 heteroatoms. The molecular formula is C20H32N4OS. The van der Waals surface area contributed by atoms with Gasteiger partial charge < -0.3 is 15.1 Å². The summed E-state index contributed by atoms with van der Waals surface area (Å²) < 4.78 is 0. The van der Waals surface area contributed by atoms with Crippen molar-refractivity contribution >= 4 is 23.6 Å². The summed E-state index contributed by atoms with van der Waals surface area (Å²) in [7, 11) is 1.84. The molecule has 0 saturated carbocycles. The third-order valence-electron chi connectivity index (χ3n) is 4.81. The quantitative estimate of drug-likeness (QED) is 0.612. The molecule has 0 aliphatic carbocycles. The average molecular weight is 377 g/mol. The van der Waals surface area contributed by atoms with Crippen LogP contribution in [0.15, 0.2) is 29.3 Å². The summed E-state index contributed by atoms with van der Waals surface area (Å²) in [6.45, 7) is 10.5. The summed E-state index contributed by atoms with van der Waals surface area (Å²) in [6.07, 6.45) is 1.19. The SMILES string of the molecule is CCC1CN(C(=NC)NCc2ccc(C(=O)N(CC)CC)cc2)CCS1. The smallest absolute Gasteiger partial charge is 0.253 e. The van der Waals surface area contributed by atoms with Crippen molar-refractivity contribution in [2.45, 2.75) is 39.0 Å². The number of thioether (sulfide) groups is 1. The Bertz CT molecular complexity index is 598. The number of nitrogens with zero attached hydrogens (tertiary/aromatic N) is 3. The summed E-state index contributed by atoms with van der Waals surface area (Å²) >= 11 is 2.06. The number of hydrogen-bond acceptors (Lipinski definition) is 3. The molecule has 1 unspecified atom stereocenters. The highest BCUT2D eigenvalue weighted by Crippen LogP contribution is 2.21. The van der Waals surface area contributed by atoms with E-state index in [4.69, 9.17) is 0 Å². The first-order valence-electron chi connectivity index (χ1n) is 9.58. The van der Waals surface area contributed by atoms with E-state index in [1.54, 1.807) is 0 Å². The van der Waals surface area contributed by atoms with E-state index in [-0.39, 0.29) is 5.91 Å². The lowest BCUT2D eigenvalue weighted by molar-refractivity contribution is 0.0773. The molecule has 0 bridgehead atoms. The number of carbonyl (C=O) groups is 1. The van der Waals surface area contributed by atoms with Gasteiger partial charge in [0.25, 0.3) is 5.91 Å². The largest absolute Gasteiger partial charge is 0.352 e. The minimum absolute atomic E-state index is 0.0988. The van der Waals surface area contributed by atoms with Gasteiger partial charge in [0.2, 0.25) is 0 Å². The fraction of sp³-hybridized carbons (Fsp3) is 0.600. The lowest BCUT2D eigenvalue weighted by Crippen LogP contribution is -2.47. The Balaban J connectivity index is 1.93. The van der Waals surface area contributed by atoms with Crippen LogP contribution in [0.25, 0.3) is 0 Å². The molecule has 0 spiro atoms. The Morgan fingerprint density at radius 3 is 2.54 bits per heavy atom. The Kier molecular flexibility index (Phi) is 8.29. The zero-order chi connectivity index (χ0) is 18.9. The third-order valence-corrected chi connectivity index (χ3v) is 6.18. The Morgan fingerprint density at radius 2 is 1.96 bits per heavy atom. The molecule has 1 aliphatic heterocycles.